The Morgan fingerprint density at radius 3 is 2.54 bits per heavy atom. The van der Waals surface area contributed by atoms with Gasteiger partial charge in [-0.25, -0.2) is 0 Å². The summed E-state index contributed by atoms with van der Waals surface area (Å²) in [5.74, 6) is -0.00824. The third-order valence-electron chi connectivity index (χ3n) is 5.61. The molecule has 1 spiro atoms. The van der Waals surface area contributed by atoms with Gasteiger partial charge in [0.15, 0.2) is 0 Å². The number of carbonyl (C=O) groups excluding carboxylic acids is 1. The summed E-state index contributed by atoms with van der Waals surface area (Å²) in [4.78, 5) is 16.5. The van der Waals surface area contributed by atoms with Gasteiger partial charge in [0.2, 0.25) is 0 Å². The van der Waals surface area contributed by atoms with Gasteiger partial charge in [0.25, 0.3) is 5.91 Å². The van der Waals surface area contributed by atoms with Crippen molar-refractivity contribution in [2.45, 2.75) is 37.8 Å². The highest BCUT2D eigenvalue weighted by Gasteiger charge is 2.57. The van der Waals surface area contributed by atoms with Crippen molar-refractivity contribution < 1.29 is 4.79 Å². The number of benzene rings is 1. The molecule has 1 aromatic carbocycles. The third kappa shape index (κ3) is 2.55. The Labute approximate surface area is 141 Å². The van der Waals surface area contributed by atoms with Gasteiger partial charge in [-0.15, -0.1) is 0 Å². The van der Waals surface area contributed by atoms with E-state index < -0.39 is 0 Å². The summed E-state index contributed by atoms with van der Waals surface area (Å²) in [6.07, 6.45) is 7.92. The average Bonchev–Trinajstić information content (AvgIpc) is 2.54. The van der Waals surface area contributed by atoms with Crippen LogP contribution in [0.1, 0.15) is 36.0 Å². The summed E-state index contributed by atoms with van der Waals surface area (Å²) >= 11 is 0. The van der Waals surface area contributed by atoms with E-state index >= 15 is 0 Å². The number of rotatable bonds is 4. The second-order valence-corrected chi connectivity index (χ2v) is 6.90. The Hall–Kier alpha value is -2.40. The van der Waals surface area contributed by atoms with E-state index in [1.807, 2.05) is 36.4 Å². The molecular formula is C19H22N4O. The van der Waals surface area contributed by atoms with Crippen LogP contribution in [0, 0.1) is 5.41 Å². The smallest absolute Gasteiger partial charge is 0.251 e. The van der Waals surface area contributed by atoms with E-state index in [-0.39, 0.29) is 23.4 Å². The van der Waals surface area contributed by atoms with Gasteiger partial charge in [-0.05, 0) is 55.7 Å². The minimum absolute atomic E-state index is 0.00824. The standard InChI is InChI=1S/C19H22N4O/c20-16-11-17(19(16)8-2-9-19)23-18(24)13-4-6-14(7-5-13)22-15-3-1-10-21-12-15/h1,3-7,10,12,16-17,22H,2,8-9,11,20H2,(H,23,24). The molecule has 0 bridgehead atoms. The molecule has 5 heteroatoms. The monoisotopic (exact) mass is 322 g/mol. The van der Waals surface area contributed by atoms with E-state index in [2.05, 4.69) is 15.6 Å². The molecule has 2 unspecified atom stereocenters. The van der Waals surface area contributed by atoms with Crippen molar-refractivity contribution >= 4 is 17.3 Å². The molecule has 1 heterocycles. The van der Waals surface area contributed by atoms with Gasteiger partial charge in [-0.2, -0.15) is 0 Å². The Morgan fingerprint density at radius 2 is 1.96 bits per heavy atom. The molecule has 0 aliphatic heterocycles. The topological polar surface area (TPSA) is 80.0 Å². The van der Waals surface area contributed by atoms with Gasteiger partial charge in [0.05, 0.1) is 11.9 Å². The minimum atomic E-state index is -0.00824. The van der Waals surface area contributed by atoms with Gasteiger partial charge >= 0.3 is 0 Å². The Kier molecular flexibility index (Phi) is 3.73. The number of carbonyl (C=O) groups is 1. The lowest BCUT2D eigenvalue weighted by atomic mass is 9.50. The second-order valence-electron chi connectivity index (χ2n) is 6.90. The molecule has 2 fully saturated rings. The van der Waals surface area contributed by atoms with Gasteiger partial charge in [0, 0.05) is 34.9 Å². The summed E-state index contributed by atoms with van der Waals surface area (Å²) in [6.45, 7) is 0. The maximum atomic E-state index is 12.5. The quantitative estimate of drug-likeness (QED) is 0.808. The molecule has 0 radical (unpaired) electrons. The van der Waals surface area contributed by atoms with Crippen LogP contribution in [-0.4, -0.2) is 23.0 Å². The fourth-order valence-corrected chi connectivity index (χ4v) is 3.88. The number of nitrogens with one attached hydrogen (secondary N) is 2. The molecule has 5 nitrogen and oxygen atoms in total. The van der Waals surface area contributed by atoms with Crippen LogP contribution < -0.4 is 16.4 Å². The van der Waals surface area contributed by atoms with Crippen LogP contribution in [0.4, 0.5) is 11.4 Å². The third-order valence-corrected chi connectivity index (χ3v) is 5.61. The first-order valence-corrected chi connectivity index (χ1v) is 8.51. The molecule has 4 rings (SSSR count). The molecule has 24 heavy (non-hydrogen) atoms. The number of nitrogens with two attached hydrogens (primary N) is 1. The van der Waals surface area contributed by atoms with E-state index in [0.29, 0.717) is 5.56 Å². The van der Waals surface area contributed by atoms with Crippen molar-refractivity contribution in [2.75, 3.05) is 5.32 Å². The normalized spacial score (nSPS) is 23.9. The fourth-order valence-electron chi connectivity index (χ4n) is 3.88. The molecule has 2 saturated carbocycles. The zero-order valence-electron chi connectivity index (χ0n) is 13.5. The van der Waals surface area contributed by atoms with Gasteiger partial charge in [0.1, 0.15) is 0 Å². The Balaban J connectivity index is 1.39. The van der Waals surface area contributed by atoms with E-state index in [1.165, 1.54) is 6.42 Å². The molecule has 2 aliphatic rings. The van der Waals surface area contributed by atoms with Crippen LogP contribution in [0.3, 0.4) is 0 Å². The van der Waals surface area contributed by atoms with Crippen LogP contribution in [0.5, 0.6) is 0 Å². The summed E-state index contributed by atoms with van der Waals surface area (Å²) in [6, 6.07) is 11.8. The van der Waals surface area contributed by atoms with Crippen LogP contribution in [0.25, 0.3) is 0 Å². The average molecular weight is 322 g/mol. The van der Waals surface area contributed by atoms with Crippen LogP contribution in [0.2, 0.25) is 0 Å². The maximum Gasteiger partial charge on any atom is 0.251 e. The highest BCUT2D eigenvalue weighted by Crippen LogP contribution is 2.55. The summed E-state index contributed by atoms with van der Waals surface area (Å²) in [5.41, 5.74) is 8.86. The first-order chi connectivity index (χ1) is 11.7. The first-order valence-electron chi connectivity index (χ1n) is 8.51. The van der Waals surface area contributed by atoms with Crippen LogP contribution >= 0.6 is 0 Å². The number of nitrogens with zero attached hydrogens (tertiary/aromatic N) is 1. The molecule has 1 aromatic heterocycles. The van der Waals surface area contributed by atoms with E-state index in [1.54, 1.807) is 12.4 Å². The van der Waals surface area contributed by atoms with Gasteiger partial charge in [-0.3, -0.25) is 9.78 Å². The zero-order valence-corrected chi connectivity index (χ0v) is 13.5. The van der Waals surface area contributed by atoms with Crippen LogP contribution in [0.15, 0.2) is 48.8 Å². The maximum absolute atomic E-state index is 12.5. The summed E-state index contributed by atoms with van der Waals surface area (Å²) < 4.78 is 0. The van der Waals surface area contributed by atoms with Crippen molar-refractivity contribution in [2.24, 2.45) is 11.1 Å². The predicted molar refractivity (Wildman–Crippen MR) is 94.1 cm³/mol. The number of amides is 1. The lowest BCUT2D eigenvalue weighted by Gasteiger charge is -2.60. The SMILES string of the molecule is NC1CC(NC(=O)c2ccc(Nc3cccnc3)cc2)C12CCC2. The van der Waals surface area contributed by atoms with Crippen LogP contribution in [-0.2, 0) is 0 Å². The molecule has 0 saturated heterocycles. The first kappa shape index (κ1) is 15.1. The largest absolute Gasteiger partial charge is 0.354 e. The molecule has 2 aliphatic carbocycles. The lowest BCUT2D eigenvalue weighted by Crippen LogP contribution is -2.69. The molecule has 124 valence electrons. The highest BCUT2D eigenvalue weighted by atomic mass is 16.1. The van der Waals surface area contributed by atoms with Crippen molar-refractivity contribution in [3.05, 3.63) is 54.4 Å². The van der Waals surface area contributed by atoms with Crippen molar-refractivity contribution in [3.63, 3.8) is 0 Å². The zero-order chi connectivity index (χ0) is 16.6. The summed E-state index contributed by atoms with van der Waals surface area (Å²) in [5, 5.41) is 6.44. The molecule has 4 N–H and O–H groups in total. The number of aromatic nitrogens is 1. The molecule has 2 atom stereocenters. The van der Waals surface area contributed by atoms with Crippen molar-refractivity contribution in [1.82, 2.24) is 10.3 Å². The Morgan fingerprint density at radius 1 is 1.17 bits per heavy atom. The van der Waals surface area contributed by atoms with Crippen molar-refractivity contribution in [1.29, 1.82) is 0 Å². The Bertz CT molecular complexity index is 725. The molecule has 1 amide bonds. The number of hydrogen-bond donors (Lipinski definition) is 3. The number of pyridine rings is 1. The fraction of sp³-hybridized carbons (Fsp3) is 0.368. The lowest BCUT2D eigenvalue weighted by molar-refractivity contribution is -0.0389. The van der Waals surface area contributed by atoms with Gasteiger partial charge in [-0.1, -0.05) is 6.42 Å². The molecule has 2 aromatic rings. The van der Waals surface area contributed by atoms with E-state index in [9.17, 15) is 4.79 Å². The minimum Gasteiger partial charge on any atom is -0.354 e. The predicted octanol–water partition coefficient (Wildman–Crippen LogP) is 2.82. The number of hydrogen-bond acceptors (Lipinski definition) is 4. The van der Waals surface area contributed by atoms with Gasteiger partial charge < -0.3 is 16.4 Å². The highest BCUT2D eigenvalue weighted by molar-refractivity contribution is 5.95. The second kappa shape index (κ2) is 5.91. The van der Waals surface area contributed by atoms with E-state index in [4.69, 9.17) is 5.73 Å². The number of anilines is 2. The summed E-state index contributed by atoms with van der Waals surface area (Å²) in [7, 11) is 0. The van der Waals surface area contributed by atoms with Crippen molar-refractivity contribution in [3.8, 4) is 0 Å². The molecular weight excluding hydrogens is 300 g/mol. The van der Waals surface area contributed by atoms with E-state index in [0.717, 1.165) is 30.6 Å².